The van der Waals surface area contributed by atoms with Gasteiger partial charge in [-0.15, -0.1) is 0 Å². The summed E-state index contributed by atoms with van der Waals surface area (Å²) in [7, 11) is 3.13. The van der Waals surface area contributed by atoms with Gasteiger partial charge in [0.05, 0.1) is 19.8 Å². The molecule has 6 heteroatoms. The quantitative estimate of drug-likeness (QED) is 0.770. The fourth-order valence-corrected chi connectivity index (χ4v) is 2.48. The first-order valence-electron chi connectivity index (χ1n) is 7.84. The number of ether oxygens (including phenoxy) is 2. The van der Waals surface area contributed by atoms with Gasteiger partial charge in [-0.2, -0.15) is 0 Å². The largest absolute Gasteiger partial charge is 0.497 e. The Balaban J connectivity index is 1.93. The van der Waals surface area contributed by atoms with Gasteiger partial charge >= 0.3 is 5.97 Å². The molecular weight excluding hydrogens is 322 g/mol. The van der Waals surface area contributed by atoms with Crippen LogP contribution in [-0.2, 0) is 17.8 Å². The molecule has 6 nitrogen and oxygen atoms in total. The number of hydrogen-bond acceptors (Lipinski definition) is 4. The second-order valence-corrected chi connectivity index (χ2v) is 5.42. The van der Waals surface area contributed by atoms with E-state index in [4.69, 9.17) is 14.6 Å². The third-order valence-electron chi connectivity index (χ3n) is 3.84. The smallest absolute Gasteiger partial charge is 0.335 e. The van der Waals surface area contributed by atoms with E-state index in [1.54, 1.807) is 44.6 Å². The van der Waals surface area contributed by atoms with Crippen molar-refractivity contribution in [2.24, 2.45) is 0 Å². The van der Waals surface area contributed by atoms with Gasteiger partial charge in [-0.25, -0.2) is 4.79 Å². The standard InChI is InChI=1S/C19H21NO5/c1-24-15-9-7-14(17(11-15)25-2)12-20-18(21)10-8-13-5-3-4-6-16(13)19(22)23/h3-7,9,11H,8,10,12H2,1-2H3,(H,20,21)(H,22,23). The Kier molecular flexibility index (Phi) is 6.39. The predicted octanol–water partition coefficient (Wildman–Crippen LogP) is 2.65. The molecule has 0 spiro atoms. The lowest BCUT2D eigenvalue weighted by atomic mass is 10.0. The van der Waals surface area contributed by atoms with Crippen molar-refractivity contribution in [3.63, 3.8) is 0 Å². The van der Waals surface area contributed by atoms with Gasteiger partial charge in [0.2, 0.25) is 5.91 Å². The second kappa shape index (κ2) is 8.73. The number of carbonyl (C=O) groups is 2. The van der Waals surface area contributed by atoms with E-state index in [9.17, 15) is 9.59 Å². The number of carboxylic acids is 1. The van der Waals surface area contributed by atoms with Crippen LogP contribution in [0.15, 0.2) is 42.5 Å². The number of rotatable bonds is 8. The summed E-state index contributed by atoms with van der Waals surface area (Å²) in [5.74, 6) is 0.171. The Morgan fingerprint density at radius 1 is 1.04 bits per heavy atom. The number of benzene rings is 2. The van der Waals surface area contributed by atoms with Crippen LogP contribution in [0.5, 0.6) is 11.5 Å². The van der Waals surface area contributed by atoms with Crippen LogP contribution >= 0.6 is 0 Å². The Bertz CT molecular complexity index is 757. The lowest BCUT2D eigenvalue weighted by Crippen LogP contribution is -2.23. The van der Waals surface area contributed by atoms with E-state index in [2.05, 4.69) is 5.32 Å². The minimum Gasteiger partial charge on any atom is -0.497 e. The predicted molar refractivity (Wildman–Crippen MR) is 93.1 cm³/mol. The van der Waals surface area contributed by atoms with E-state index in [0.29, 0.717) is 30.0 Å². The zero-order valence-electron chi connectivity index (χ0n) is 14.2. The Morgan fingerprint density at radius 3 is 2.48 bits per heavy atom. The molecule has 0 atom stereocenters. The van der Waals surface area contributed by atoms with Crippen LogP contribution in [0.3, 0.4) is 0 Å². The molecule has 0 aliphatic rings. The van der Waals surface area contributed by atoms with Gasteiger partial charge < -0.3 is 19.9 Å². The first-order chi connectivity index (χ1) is 12.0. The number of carboxylic acid groups (broad SMARTS) is 1. The molecule has 0 unspecified atom stereocenters. The highest BCUT2D eigenvalue weighted by atomic mass is 16.5. The number of hydrogen-bond donors (Lipinski definition) is 2. The molecule has 132 valence electrons. The SMILES string of the molecule is COc1ccc(CNC(=O)CCc2ccccc2C(=O)O)c(OC)c1. The average Bonchev–Trinajstić information content (AvgIpc) is 2.64. The van der Waals surface area contributed by atoms with Crippen molar-refractivity contribution in [3.8, 4) is 11.5 Å². The molecule has 0 aliphatic heterocycles. The third kappa shape index (κ3) is 4.97. The minimum absolute atomic E-state index is 0.155. The summed E-state index contributed by atoms with van der Waals surface area (Å²) in [6.45, 7) is 0.326. The fraction of sp³-hybridized carbons (Fsp3) is 0.263. The summed E-state index contributed by atoms with van der Waals surface area (Å²) < 4.78 is 10.4. The van der Waals surface area contributed by atoms with Gasteiger partial charge in [0, 0.05) is 24.6 Å². The van der Waals surface area contributed by atoms with Crippen LogP contribution in [-0.4, -0.2) is 31.2 Å². The summed E-state index contributed by atoms with van der Waals surface area (Å²) in [6, 6.07) is 12.1. The Hall–Kier alpha value is -3.02. The Morgan fingerprint density at radius 2 is 1.80 bits per heavy atom. The van der Waals surface area contributed by atoms with Crippen LogP contribution in [0.2, 0.25) is 0 Å². The number of methoxy groups -OCH3 is 2. The highest BCUT2D eigenvalue weighted by Gasteiger charge is 2.11. The molecule has 0 aliphatic carbocycles. The summed E-state index contributed by atoms with van der Waals surface area (Å²) in [6.07, 6.45) is 0.580. The summed E-state index contributed by atoms with van der Waals surface area (Å²) in [4.78, 5) is 23.2. The summed E-state index contributed by atoms with van der Waals surface area (Å²) in [5, 5.41) is 12.0. The van der Waals surface area contributed by atoms with Gasteiger partial charge in [-0.1, -0.05) is 18.2 Å². The maximum Gasteiger partial charge on any atom is 0.335 e. The van der Waals surface area contributed by atoms with E-state index in [0.717, 1.165) is 5.56 Å². The number of aryl methyl sites for hydroxylation is 1. The van der Waals surface area contributed by atoms with Gasteiger partial charge in [-0.3, -0.25) is 4.79 Å². The maximum absolute atomic E-state index is 12.1. The monoisotopic (exact) mass is 343 g/mol. The van der Waals surface area contributed by atoms with E-state index in [1.807, 2.05) is 6.07 Å². The van der Waals surface area contributed by atoms with E-state index in [-0.39, 0.29) is 17.9 Å². The molecule has 0 bridgehead atoms. The highest BCUT2D eigenvalue weighted by molar-refractivity contribution is 5.89. The lowest BCUT2D eigenvalue weighted by molar-refractivity contribution is -0.121. The van der Waals surface area contributed by atoms with Crippen molar-refractivity contribution in [1.29, 1.82) is 0 Å². The zero-order chi connectivity index (χ0) is 18.2. The van der Waals surface area contributed by atoms with Gasteiger partial charge in [0.15, 0.2) is 0 Å². The van der Waals surface area contributed by atoms with Gasteiger partial charge in [0.1, 0.15) is 11.5 Å². The number of carbonyl (C=O) groups excluding carboxylic acids is 1. The van der Waals surface area contributed by atoms with E-state index >= 15 is 0 Å². The molecule has 2 aromatic carbocycles. The first-order valence-corrected chi connectivity index (χ1v) is 7.84. The van der Waals surface area contributed by atoms with Crippen LogP contribution in [0.25, 0.3) is 0 Å². The van der Waals surface area contributed by atoms with Crippen molar-refractivity contribution in [1.82, 2.24) is 5.32 Å². The highest BCUT2D eigenvalue weighted by Crippen LogP contribution is 2.24. The number of amides is 1. The first kappa shape index (κ1) is 18.3. The molecule has 1 amide bonds. The van der Waals surface area contributed by atoms with Crippen molar-refractivity contribution < 1.29 is 24.2 Å². The fourth-order valence-electron chi connectivity index (χ4n) is 2.48. The maximum atomic E-state index is 12.1. The molecule has 0 saturated carbocycles. The molecule has 25 heavy (non-hydrogen) atoms. The molecule has 2 rings (SSSR count). The van der Waals surface area contributed by atoms with Crippen LogP contribution in [0.4, 0.5) is 0 Å². The number of aromatic carboxylic acids is 1. The number of nitrogens with one attached hydrogen (secondary N) is 1. The van der Waals surface area contributed by atoms with Crippen LogP contribution < -0.4 is 14.8 Å². The zero-order valence-corrected chi connectivity index (χ0v) is 14.2. The molecule has 0 fully saturated rings. The lowest BCUT2D eigenvalue weighted by Gasteiger charge is -2.11. The Labute approximate surface area is 146 Å². The molecular formula is C19H21NO5. The molecule has 0 aromatic heterocycles. The molecule has 0 heterocycles. The van der Waals surface area contributed by atoms with Crippen molar-refractivity contribution in [2.75, 3.05) is 14.2 Å². The normalized spacial score (nSPS) is 10.2. The van der Waals surface area contributed by atoms with Crippen LogP contribution in [0.1, 0.15) is 27.9 Å². The summed E-state index contributed by atoms with van der Waals surface area (Å²) >= 11 is 0. The van der Waals surface area contributed by atoms with Gasteiger partial charge in [0.25, 0.3) is 0 Å². The average molecular weight is 343 g/mol. The molecule has 0 saturated heterocycles. The second-order valence-electron chi connectivity index (χ2n) is 5.42. The van der Waals surface area contributed by atoms with Crippen molar-refractivity contribution in [2.45, 2.75) is 19.4 Å². The van der Waals surface area contributed by atoms with Crippen molar-refractivity contribution in [3.05, 3.63) is 59.2 Å². The molecule has 2 N–H and O–H groups in total. The van der Waals surface area contributed by atoms with E-state index < -0.39 is 5.97 Å². The van der Waals surface area contributed by atoms with Crippen LogP contribution in [0, 0.1) is 0 Å². The van der Waals surface area contributed by atoms with E-state index in [1.165, 1.54) is 6.07 Å². The topological polar surface area (TPSA) is 84.9 Å². The van der Waals surface area contributed by atoms with Crippen molar-refractivity contribution >= 4 is 11.9 Å². The minimum atomic E-state index is -0.987. The molecule has 2 aromatic rings. The van der Waals surface area contributed by atoms with Gasteiger partial charge in [-0.05, 0) is 30.2 Å². The third-order valence-corrected chi connectivity index (χ3v) is 3.84. The summed E-state index contributed by atoms with van der Waals surface area (Å²) in [5.41, 5.74) is 1.71. The molecule has 0 radical (unpaired) electrons.